The van der Waals surface area contributed by atoms with Gasteiger partial charge in [-0.2, -0.15) is 40.5 Å². The van der Waals surface area contributed by atoms with E-state index in [2.05, 4.69) is 216 Å². The first kappa shape index (κ1) is 87.4. The van der Waals surface area contributed by atoms with Crippen LogP contribution in [0.1, 0.15) is 99.4 Å². The zero-order chi connectivity index (χ0) is 80.3. The molecule has 0 saturated carbocycles. The number of imidazole rings is 3. The third kappa shape index (κ3) is 17.3. The largest absolute Gasteiger partial charge is 0.348 e. The zero-order valence-electron chi connectivity index (χ0n) is 66.5. The Hall–Kier alpha value is -11.9. The van der Waals surface area contributed by atoms with Crippen LogP contribution in [-0.2, 0) is 98.8 Å². The summed E-state index contributed by atoms with van der Waals surface area (Å²) in [6, 6.07) is 83.4. The third-order valence-corrected chi connectivity index (χ3v) is 20.7. The van der Waals surface area contributed by atoms with Gasteiger partial charge in [-0.1, -0.05) is 164 Å². The van der Waals surface area contributed by atoms with E-state index in [0.717, 1.165) is 184 Å². The number of rotatable bonds is 9. The predicted octanol–water partition coefficient (Wildman–Crippen LogP) is 23.3. The van der Waals surface area contributed by atoms with Crippen molar-refractivity contribution in [2.24, 2.45) is 0 Å². The molecule has 9 aromatic carbocycles. The van der Waals surface area contributed by atoms with Crippen molar-refractivity contribution < 1.29 is 77.9 Å². The molecule has 0 aliphatic rings. The molecule has 0 spiro atoms. The monoisotopic (exact) mass is 2120 g/mol. The molecule has 3 radical (unpaired) electrons. The molecule has 0 fully saturated rings. The molecule has 0 N–H and O–H groups in total. The fourth-order valence-electron chi connectivity index (χ4n) is 15.2. The van der Waals surface area contributed by atoms with E-state index in [-0.39, 0.29) is 79.0 Å². The molecule has 0 bridgehead atoms. The maximum absolute atomic E-state index is 13.2. The van der Waals surface area contributed by atoms with Crippen molar-refractivity contribution in [3.63, 3.8) is 0 Å². The van der Waals surface area contributed by atoms with Crippen LogP contribution < -0.4 is 0 Å². The van der Waals surface area contributed by atoms with Crippen molar-refractivity contribution >= 4 is 115 Å². The van der Waals surface area contributed by atoms with Crippen molar-refractivity contribution in [2.75, 3.05) is 0 Å². The van der Waals surface area contributed by atoms with Crippen LogP contribution in [0.15, 0.2) is 237 Å². The molecule has 21 rings (SSSR count). The standard InChI is InChI=1S/3C23H20N3.C11H6F2N.C9H5F2N2.C9H7N2.CH4.3Ir/c3*1-4-15-12-19-21(13-16(15)5-2)26-20-9-7-6-8-17(20)22-18(23(26)25-19)11-10-14(3)24-22;12-8-4-5-9(10(13)7-8)11-3-1-2-6-14-11;10-7-2-3-9(8(11)6-7)13-5-1-4-12-13;1-2-5-9(6-3-1)11-8-4-7-10-11;;;;/h3*6-10,12-13H,4-5H2,1-3H3;1-4,6-7H;1-2,4-6H;1-5,7-8H;1H4;;;/q6*-1;;;;. The van der Waals surface area contributed by atoms with Gasteiger partial charge in [0.2, 0.25) is 0 Å². The zero-order valence-corrected chi connectivity index (χ0v) is 73.7. The van der Waals surface area contributed by atoms with Crippen molar-refractivity contribution in [2.45, 2.75) is 108 Å². The van der Waals surface area contributed by atoms with Crippen LogP contribution in [0.25, 0.3) is 138 Å². The topological polar surface area (TPSA) is 139 Å². The van der Waals surface area contributed by atoms with E-state index >= 15 is 0 Å². The summed E-state index contributed by atoms with van der Waals surface area (Å²) in [6.07, 6.45) is 14.5. The normalized spacial score (nSPS) is 11.0. The minimum absolute atomic E-state index is 0. The number of para-hydroxylation sites is 4. The predicted molar refractivity (Wildman–Crippen MR) is 463 cm³/mol. The molecule has 0 amide bonds. The number of hydrogen-bond acceptors (Lipinski definition) is 9. The van der Waals surface area contributed by atoms with Crippen LogP contribution in [0.3, 0.4) is 0 Å². The van der Waals surface area contributed by atoms with Gasteiger partial charge < -0.3 is 33.1 Å². The molecule has 609 valence electrons. The third-order valence-electron chi connectivity index (χ3n) is 20.7. The van der Waals surface area contributed by atoms with Crippen molar-refractivity contribution in [1.29, 1.82) is 0 Å². The SMILES string of the molecule is C.CCc1cc2nc3c4[c-]cc(C)nc4c4ccccc4n3c2cc1CC.CCc1cc2nc3c4[c-]cc(C)nc4c4ccccc4n3c2cc1CC.CCc1cc2nc3c4[c-]cc(C)nc4c4ccccc4n3c2cc1CC.Fc1c[c-]c(-c2ccccn2)c(F)c1.Fc1c[c-]c(-n2cccn2)c(F)c1.[Ir].[Ir].[Ir].[c-]1ccccc1-n1cccn1. The number of halogens is 4. The van der Waals surface area contributed by atoms with Crippen LogP contribution in [0, 0.1) is 80.4 Å². The van der Waals surface area contributed by atoms with Gasteiger partial charge in [0, 0.05) is 131 Å². The van der Waals surface area contributed by atoms with Gasteiger partial charge in [0.05, 0.1) is 50.0 Å². The Kier molecular flexibility index (Phi) is 28.0. The summed E-state index contributed by atoms with van der Waals surface area (Å²) in [5.41, 5.74) is 28.9. The maximum atomic E-state index is 13.2. The van der Waals surface area contributed by atoms with E-state index in [1.807, 2.05) is 75.5 Å². The average Bonchev–Trinajstić information content (AvgIpc) is 1.57. The van der Waals surface area contributed by atoms with Crippen LogP contribution in [0.4, 0.5) is 17.6 Å². The molecule has 14 nitrogen and oxygen atoms in total. The molecule has 0 unspecified atom stereocenters. The summed E-state index contributed by atoms with van der Waals surface area (Å²) in [4.78, 5) is 33.4. The number of benzene rings is 9. The molecule has 120 heavy (non-hydrogen) atoms. The summed E-state index contributed by atoms with van der Waals surface area (Å²) < 4.78 is 61.3. The summed E-state index contributed by atoms with van der Waals surface area (Å²) in [6.45, 7) is 19.3. The first-order valence-corrected chi connectivity index (χ1v) is 38.9. The van der Waals surface area contributed by atoms with Crippen LogP contribution in [-0.4, -0.2) is 67.7 Å². The molecule has 21 heteroatoms. The molecule has 0 atom stereocenters. The van der Waals surface area contributed by atoms with E-state index in [1.165, 1.54) is 60.8 Å². The van der Waals surface area contributed by atoms with E-state index in [4.69, 9.17) is 29.9 Å². The second-order valence-electron chi connectivity index (χ2n) is 28.0. The maximum Gasteiger partial charge on any atom is 0.0777 e. The van der Waals surface area contributed by atoms with Gasteiger partial charge in [0.15, 0.2) is 0 Å². The quantitative estimate of drug-likeness (QED) is 0.0785. The van der Waals surface area contributed by atoms with Gasteiger partial charge in [0.1, 0.15) is 0 Å². The molecule has 0 aliphatic heterocycles. The Labute approximate surface area is 733 Å². The molecule has 21 aromatic rings. The smallest absolute Gasteiger partial charge is 0.0777 e. The van der Waals surface area contributed by atoms with Crippen LogP contribution >= 0.6 is 0 Å². The summed E-state index contributed by atoms with van der Waals surface area (Å²) in [5.74, 6) is -2.61. The Balaban J connectivity index is 0.000000135. The van der Waals surface area contributed by atoms with Gasteiger partial charge in [-0.15, -0.1) is 66.7 Å². The molecular formula is C99H82F4Ir3N14-6. The fraction of sp³-hybridized carbons (Fsp3) is 0.162. The number of aryl methyl sites for hydroxylation is 9. The van der Waals surface area contributed by atoms with Crippen molar-refractivity contribution in [3.05, 3.63) is 347 Å². The molecular weight excluding hydrogens is 2040 g/mol. The Morgan fingerprint density at radius 2 is 0.717 bits per heavy atom. The van der Waals surface area contributed by atoms with Gasteiger partial charge in [-0.25, -0.2) is 0 Å². The summed E-state index contributed by atoms with van der Waals surface area (Å²) in [7, 11) is 0. The van der Waals surface area contributed by atoms with E-state index in [1.54, 1.807) is 47.5 Å². The van der Waals surface area contributed by atoms with E-state index < -0.39 is 23.3 Å². The molecule has 12 heterocycles. The second-order valence-corrected chi connectivity index (χ2v) is 28.0. The Morgan fingerprint density at radius 1 is 0.342 bits per heavy atom. The number of pyridine rings is 7. The minimum atomic E-state index is -0.677. The van der Waals surface area contributed by atoms with Gasteiger partial charge in [-0.05, 0) is 212 Å². The summed E-state index contributed by atoms with van der Waals surface area (Å²) >= 11 is 0. The number of fused-ring (bicyclic) bond motifs is 24. The Morgan fingerprint density at radius 3 is 1.07 bits per heavy atom. The first-order chi connectivity index (χ1) is 56.6. The number of hydrogen-bond donors (Lipinski definition) is 0. The fourth-order valence-corrected chi connectivity index (χ4v) is 15.2. The molecule has 12 aromatic heterocycles. The van der Waals surface area contributed by atoms with Gasteiger partial charge in [-0.3, -0.25) is 41.9 Å². The van der Waals surface area contributed by atoms with Crippen molar-refractivity contribution in [3.8, 4) is 22.6 Å². The van der Waals surface area contributed by atoms with Crippen LogP contribution in [0.5, 0.6) is 0 Å². The van der Waals surface area contributed by atoms with Crippen LogP contribution in [0.2, 0.25) is 0 Å². The molecule has 0 aliphatic carbocycles. The first-order valence-electron chi connectivity index (χ1n) is 38.9. The second kappa shape index (κ2) is 38.4. The van der Waals surface area contributed by atoms with E-state index in [0.29, 0.717) is 5.69 Å². The minimum Gasteiger partial charge on any atom is -0.348 e. The Bertz CT molecular complexity index is 6730. The van der Waals surface area contributed by atoms with Gasteiger partial charge >= 0.3 is 0 Å². The number of aromatic nitrogens is 14. The molecule has 0 saturated heterocycles. The number of nitrogens with zero attached hydrogens (tertiary/aromatic N) is 14. The van der Waals surface area contributed by atoms with E-state index in [9.17, 15) is 17.6 Å². The van der Waals surface area contributed by atoms with Gasteiger partial charge in [0.25, 0.3) is 0 Å². The average molecular weight is 2120 g/mol. The summed E-state index contributed by atoms with van der Waals surface area (Å²) in [5, 5.41) is 14.3. The van der Waals surface area contributed by atoms with Crippen molar-refractivity contribution in [1.82, 2.24) is 67.7 Å².